The molecule has 0 aliphatic heterocycles. The lowest BCUT2D eigenvalue weighted by molar-refractivity contribution is -0.160. The summed E-state index contributed by atoms with van der Waals surface area (Å²) in [5.41, 5.74) is 0.423. The zero-order valence-electron chi connectivity index (χ0n) is 12.0. The molecule has 1 aliphatic carbocycles. The fourth-order valence-corrected chi connectivity index (χ4v) is 3.10. The quantitative estimate of drug-likeness (QED) is 0.837. The van der Waals surface area contributed by atoms with Gasteiger partial charge in [-0.25, -0.2) is 0 Å². The Bertz CT molecular complexity index is 425. The van der Waals surface area contributed by atoms with Crippen molar-refractivity contribution >= 4 is 0 Å². The number of benzene rings is 1. The van der Waals surface area contributed by atoms with Crippen LogP contribution in [-0.2, 0) is 0 Å². The second kappa shape index (κ2) is 5.76. The molecule has 1 N–H and O–H groups in total. The largest absolute Gasteiger partial charge is 0.407 e. The molecule has 0 bridgehead atoms. The molecule has 1 aromatic carbocycles. The Morgan fingerprint density at radius 1 is 1.20 bits per heavy atom. The van der Waals surface area contributed by atoms with Gasteiger partial charge in [0.1, 0.15) is 6.04 Å². The summed E-state index contributed by atoms with van der Waals surface area (Å²) in [6, 6.07) is 6.49. The Morgan fingerprint density at radius 2 is 1.85 bits per heavy atom. The highest BCUT2D eigenvalue weighted by molar-refractivity contribution is 5.20. The molecule has 1 saturated carbocycles. The van der Waals surface area contributed by atoms with Gasteiger partial charge in [-0.15, -0.1) is 0 Å². The van der Waals surface area contributed by atoms with Crippen molar-refractivity contribution in [3.8, 4) is 0 Å². The number of hydrogen-bond donors (Lipinski definition) is 1. The molecule has 2 rings (SSSR count). The molecule has 0 aromatic heterocycles. The normalized spacial score (nSPS) is 24.4. The lowest BCUT2D eigenvalue weighted by Crippen LogP contribution is -2.44. The Kier molecular flexibility index (Phi) is 4.43. The Balaban J connectivity index is 2.13. The molecule has 2 unspecified atom stereocenters. The average molecular weight is 285 g/mol. The van der Waals surface area contributed by atoms with E-state index in [-0.39, 0.29) is 11.5 Å². The van der Waals surface area contributed by atoms with Gasteiger partial charge in [-0.1, -0.05) is 50.6 Å². The fraction of sp³-hybridized carbons (Fsp3) is 0.625. The van der Waals surface area contributed by atoms with E-state index in [2.05, 4.69) is 19.2 Å². The second-order valence-electron chi connectivity index (χ2n) is 6.51. The topological polar surface area (TPSA) is 12.0 Å². The summed E-state index contributed by atoms with van der Waals surface area (Å²) in [5, 5.41) is 2.84. The van der Waals surface area contributed by atoms with E-state index in [4.69, 9.17) is 0 Å². The van der Waals surface area contributed by atoms with Gasteiger partial charge >= 0.3 is 6.18 Å². The van der Waals surface area contributed by atoms with E-state index in [0.717, 1.165) is 25.7 Å². The van der Waals surface area contributed by atoms with Crippen LogP contribution in [0.2, 0.25) is 0 Å². The molecule has 1 nitrogen and oxygen atoms in total. The zero-order valence-corrected chi connectivity index (χ0v) is 12.0. The molecule has 112 valence electrons. The molecule has 0 radical (unpaired) electrons. The van der Waals surface area contributed by atoms with Gasteiger partial charge in [0, 0.05) is 6.04 Å². The molecular weight excluding hydrogens is 263 g/mol. The Hall–Kier alpha value is -1.03. The summed E-state index contributed by atoms with van der Waals surface area (Å²) in [6.45, 7) is 4.26. The lowest BCUT2D eigenvalue weighted by Gasteiger charge is -2.38. The van der Waals surface area contributed by atoms with Crippen molar-refractivity contribution in [3.05, 3.63) is 35.9 Å². The number of rotatable bonds is 3. The first kappa shape index (κ1) is 15.4. The molecular formula is C16H22F3N. The van der Waals surface area contributed by atoms with E-state index in [9.17, 15) is 13.2 Å². The van der Waals surface area contributed by atoms with Crippen LogP contribution in [0.4, 0.5) is 13.2 Å². The summed E-state index contributed by atoms with van der Waals surface area (Å²) < 4.78 is 39.9. The van der Waals surface area contributed by atoms with Gasteiger partial charge in [0.2, 0.25) is 0 Å². The van der Waals surface area contributed by atoms with E-state index >= 15 is 0 Å². The van der Waals surface area contributed by atoms with E-state index in [0.29, 0.717) is 5.56 Å². The maximum Gasteiger partial charge on any atom is 0.407 e. The number of hydrogen-bond acceptors (Lipinski definition) is 1. The van der Waals surface area contributed by atoms with Crippen molar-refractivity contribution in [1.29, 1.82) is 0 Å². The van der Waals surface area contributed by atoms with Crippen LogP contribution >= 0.6 is 0 Å². The number of halogens is 3. The standard InChI is InChI=1S/C16H22F3N/c1-15(2)10-6-9-13(11-15)20-14(16(17,18)19)12-7-4-3-5-8-12/h3-5,7-8,13-14,20H,6,9-11H2,1-2H3. The summed E-state index contributed by atoms with van der Waals surface area (Å²) in [6.07, 6.45) is -0.560. The molecule has 0 saturated heterocycles. The minimum Gasteiger partial charge on any atom is -0.300 e. The molecule has 2 atom stereocenters. The molecule has 0 heterocycles. The number of alkyl halides is 3. The van der Waals surface area contributed by atoms with Crippen LogP contribution in [0.1, 0.15) is 51.1 Å². The van der Waals surface area contributed by atoms with Crippen LogP contribution in [0.25, 0.3) is 0 Å². The van der Waals surface area contributed by atoms with Crippen molar-refractivity contribution in [1.82, 2.24) is 5.32 Å². The van der Waals surface area contributed by atoms with E-state index in [1.807, 2.05) is 0 Å². The van der Waals surface area contributed by atoms with Gasteiger partial charge in [-0.3, -0.25) is 5.32 Å². The molecule has 4 heteroatoms. The van der Waals surface area contributed by atoms with Gasteiger partial charge in [0.05, 0.1) is 0 Å². The maximum absolute atomic E-state index is 13.3. The molecule has 1 aliphatic rings. The molecule has 0 spiro atoms. The summed E-state index contributed by atoms with van der Waals surface area (Å²) in [5.74, 6) is 0. The van der Waals surface area contributed by atoms with Crippen molar-refractivity contribution in [3.63, 3.8) is 0 Å². The second-order valence-corrected chi connectivity index (χ2v) is 6.51. The van der Waals surface area contributed by atoms with E-state index in [1.54, 1.807) is 30.3 Å². The SMILES string of the molecule is CC1(C)CCCC(NC(c2ccccc2)C(F)(F)F)C1. The first-order valence-electron chi connectivity index (χ1n) is 7.16. The monoisotopic (exact) mass is 285 g/mol. The summed E-state index contributed by atoms with van der Waals surface area (Å²) >= 11 is 0. The molecule has 20 heavy (non-hydrogen) atoms. The summed E-state index contributed by atoms with van der Waals surface area (Å²) in [4.78, 5) is 0. The van der Waals surface area contributed by atoms with Crippen molar-refractivity contribution in [2.45, 2.75) is 57.8 Å². The van der Waals surface area contributed by atoms with Crippen LogP contribution in [0, 0.1) is 5.41 Å². The molecule has 0 amide bonds. The van der Waals surface area contributed by atoms with E-state index in [1.165, 1.54) is 0 Å². The highest BCUT2D eigenvalue weighted by Gasteiger charge is 2.42. The number of nitrogens with one attached hydrogen (secondary N) is 1. The van der Waals surface area contributed by atoms with Gasteiger partial charge in [0.25, 0.3) is 0 Å². The first-order valence-corrected chi connectivity index (χ1v) is 7.16. The third-order valence-electron chi connectivity index (χ3n) is 4.07. The van der Waals surface area contributed by atoms with Crippen LogP contribution in [0.15, 0.2) is 30.3 Å². The van der Waals surface area contributed by atoms with Gasteiger partial charge < -0.3 is 0 Å². The Morgan fingerprint density at radius 3 is 2.40 bits per heavy atom. The van der Waals surface area contributed by atoms with Crippen LogP contribution in [0.3, 0.4) is 0 Å². The highest BCUT2D eigenvalue weighted by Crippen LogP contribution is 2.38. The minimum atomic E-state index is -4.26. The molecule has 1 fully saturated rings. The van der Waals surface area contributed by atoms with Crippen LogP contribution < -0.4 is 5.32 Å². The van der Waals surface area contributed by atoms with E-state index < -0.39 is 12.2 Å². The van der Waals surface area contributed by atoms with Gasteiger partial charge in [0.15, 0.2) is 0 Å². The maximum atomic E-state index is 13.3. The summed E-state index contributed by atoms with van der Waals surface area (Å²) in [7, 11) is 0. The average Bonchev–Trinajstić information content (AvgIpc) is 2.34. The Labute approximate surface area is 118 Å². The highest BCUT2D eigenvalue weighted by atomic mass is 19.4. The predicted molar refractivity (Wildman–Crippen MR) is 74.4 cm³/mol. The smallest absolute Gasteiger partial charge is 0.300 e. The predicted octanol–water partition coefficient (Wildman–Crippen LogP) is 4.85. The lowest BCUT2D eigenvalue weighted by atomic mass is 9.75. The molecule has 1 aromatic rings. The third kappa shape index (κ3) is 3.98. The fourth-order valence-electron chi connectivity index (χ4n) is 3.10. The zero-order chi connectivity index (χ0) is 14.8. The third-order valence-corrected chi connectivity index (χ3v) is 4.07. The van der Waals surface area contributed by atoms with Crippen molar-refractivity contribution in [2.75, 3.05) is 0 Å². The van der Waals surface area contributed by atoms with Gasteiger partial charge in [-0.05, 0) is 30.2 Å². The van der Waals surface area contributed by atoms with Crippen LogP contribution in [0.5, 0.6) is 0 Å². The van der Waals surface area contributed by atoms with Crippen molar-refractivity contribution in [2.24, 2.45) is 5.41 Å². The minimum absolute atomic E-state index is 0.0643. The van der Waals surface area contributed by atoms with Crippen LogP contribution in [-0.4, -0.2) is 12.2 Å². The van der Waals surface area contributed by atoms with Crippen molar-refractivity contribution < 1.29 is 13.2 Å². The van der Waals surface area contributed by atoms with Gasteiger partial charge in [-0.2, -0.15) is 13.2 Å². The first-order chi connectivity index (χ1) is 9.28.